The minimum Gasteiger partial charge on any atom is -0.322 e. The van der Waals surface area contributed by atoms with Gasteiger partial charge in [0.25, 0.3) is 5.91 Å². The van der Waals surface area contributed by atoms with E-state index >= 15 is 0 Å². The molecule has 26 heavy (non-hydrogen) atoms. The van der Waals surface area contributed by atoms with Crippen molar-refractivity contribution in [3.8, 4) is 0 Å². The highest BCUT2D eigenvalue weighted by molar-refractivity contribution is 6.04. The fourth-order valence-electron chi connectivity index (χ4n) is 2.60. The summed E-state index contributed by atoms with van der Waals surface area (Å²) in [4.78, 5) is 22.9. The lowest BCUT2D eigenvalue weighted by Gasteiger charge is -2.21. The molecule has 3 aromatic rings. The fraction of sp³-hybridized carbons (Fsp3) is 0.150. The van der Waals surface area contributed by atoms with E-state index in [4.69, 9.17) is 0 Å². The molecule has 0 bridgehead atoms. The third-order valence-corrected chi connectivity index (χ3v) is 3.87. The zero-order chi connectivity index (χ0) is 18.5. The maximum atomic E-state index is 13.8. The molecule has 132 valence electrons. The number of anilines is 3. The Bertz CT molecular complexity index is 929. The molecule has 0 saturated heterocycles. The topological polar surface area (TPSA) is 58.1 Å². The number of nitrogens with one attached hydrogen (secondary N) is 1. The molecule has 6 heteroatoms. The Balaban J connectivity index is 1.86. The Morgan fingerprint density at radius 1 is 1.15 bits per heavy atom. The van der Waals surface area contributed by atoms with Crippen LogP contribution in [0.5, 0.6) is 0 Å². The first-order chi connectivity index (χ1) is 12.6. The van der Waals surface area contributed by atoms with Crippen LogP contribution in [0.3, 0.4) is 0 Å². The summed E-state index contributed by atoms with van der Waals surface area (Å²) in [5, 5.41) is 2.81. The Morgan fingerprint density at radius 2 is 1.96 bits per heavy atom. The smallest absolute Gasteiger partial charge is 0.277 e. The van der Waals surface area contributed by atoms with Crippen LogP contribution in [0.2, 0.25) is 0 Å². The largest absolute Gasteiger partial charge is 0.322 e. The lowest BCUT2D eigenvalue weighted by molar-refractivity contribution is 0.0983. The third-order valence-electron chi connectivity index (χ3n) is 3.87. The van der Waals surface area contributed by atoms with Crippen LogP contribution in [-0.4, -0.2) is 22.4 Å². The normalized spacial score (nSPS) is 10.4. The summed E-state index contributed by atoms with van der Waals surface area (Å²) in [5.41, 5.74) is 2.36. The van der Waals surface area contributed by atoms with E-state index in [2.05, 4.69) is 15.3 Å². The van der Waals surface area contributed by atoms with Crippen molar-refractivity contribution in [1.29, 1.82) is 0 Å². The zero-order valence-electron chi connectivity index (χ0n) is 14.6. The van der Waals surface area contributed by atoms with Crippen molar-refractivity contribution < 1.29 is 9.18 Å². The van der Waals surface area contributed by atoms with Crippen molar-refractivity contribution in [2.75, 3.05) is 16.8 Å². The van der Waals surface area contributed by atoms with Gasteiger partial charge in [0.2, 0.25) is 5.95 Å². The van der Waals surface area contributed by atoms with Gasteiger partial charge in [-0.3, -0.25) is 4.79 Å². The molecule has 0 aliphatic heterocycles. The molecule has 2 aromatic carbocycles. The number of benzene rings is 2. The van der Waals surface area contributed by atoms with Gasteiger partial charge in [-0.25, -0.2) is 14.4 Å². The predicted molar refractivity (Wildman–Crippen MR) is 100 cm³/mol. The van der Waals surface area contributed by atoms with E-state index in [-0.39, 0.29) is 23.2 Å². The monoisotopic (exact) mass is 350 g/mol. The molecule has 1 amide bonds. The molecule has 0 fully saturated rings. The number of rotatable bonds is 5. The highest BCUT2D eigenvalue weighted by Crippen LogP contribution is 2.20. The first kappa shape index (κ1) is 17.5. The van der Waals surface area contributed by atoms with Gasteiger partial charge in [0.15, 0.2) is 0 Å². The van der Waals surface area contributed by atoms with Crippen molar-refractivity contribution in [2.45, 2.75) is 13.8 Å². The van der Waals surface area contributed by atoms with E-state index in [0.717, 1.165) is 11.3 Å². The molecule has 1 aromatic heterocycles. The van der Waals surface area contributed by atoms with Crippen LogP contribution < -0.4 is 10.2 Å². The van der Waals surface area contributed by atoms with Gasteiger partial charge >= 0.3 is 0 Å². The lowest BCUT2D eigenvalue weighted by atomic mass is 10.2. The van der Waals surface area contributed by atoms with E-state index < -0.39 is 5.82 Å². The van der Waals surface area contributed by atoms with Gasteiger partial charge in [0.05, 0.1) is 5.69 Å². The maximum absolute atomic E-state index is 13.8. The van der Waals surface area contributed by atoms with Gasteiger partial charge in [0.1, 0.15) is 11.5 Å². The standard InChI is InChI=1S/C20H19FN4O/c1-3-25(15-8-6-7-14(2)13-15)19(26)18-11-12-22-20(24-18)23-17-10-5-4-9-16(17)21/h4-13H,3H2,1-2H3,(H,22,23,24). The van der Waals surface area contributed by atoms with Gasteiger partial charge in [0, 0.05) is 18.4 Å². The molecule has 0 aliphatic carbocycles. The highest BCUT2D eigenvalue weighted by atomic mass is 19.1. The molecule has 0 radical (unpaired) electrons. The molecular weight excluding hydrogens is 331 g/mol. The van der Waals surface area contributed by atoms with Crippen LogP contribution in [0.1, 0.15) is 23.0 Å². The molecule has 1 heterocycles. The average molecular weight is 350 g/mol. The van der Waals surface area contributed by atoms with Gasteiger partial charge < -0.3 is 10.2 Å². The molecule has 0 unspecified atom stereocenters. The maximum Gasteiger partial charge on any atom is 0.277 e. The Kier molecular flexibility index (Phi) is 5.22. The highest BCUT2D eigenvalue weighted by Gasteiger charge is 2.18. The predicted octanol–water partition coefficient (Wildman–Crippen LogP) is 4.33. The number of carbonyl (C=O) groups is 1. The van der Waals surface area contributed by atoms with Crippen molar-refractivity contribution in [2.24, 2.45) is 0 Å². The Labute approximate surface area is 151 Å². The second-order valence-corrected chi connectivity index (χ2v) is 5.76. The van der Waals surface area contributed by atoms with Crippen LogP contribution in [0.4, 0.5) is 21.7 Å². The van der Waals surface area contributed by atoms with Crippen LogP contribution in [0.25, 0.3) is 0 Å². The summed E-state index contributed by atoms with van der Waals surface area (Å²) in [6.45, 7) is 4.38. The van der Waals surface area contributed by atoms with E-state index in [1.807, 2.05) is 38.1 Å². The average Bonchev–Trinajstić information content (AvgIpc) is 2.64. The molecule has 1 N–H and O–H groups in total. The number of para-hydroxylation sites is 1. The fourth-order valence-corrected chi connectivity index (χ4v) is 2.60. The van der Waals surface area contributed by atoms with Gasteiger partial charge in [-0.2, -0.15) is 0 Å². The Hall–Kier alpha value is -3.28. The van der Waals surface area contributed by atoms with E-state index in [9.17, 15) is 9.18 Å². The van der Waals surface area contributed by atoms with Crippen molar-refractivity contribution in [1.82, 2.24) is 9.97 Å². The number of hydrogen-bond donors (Lipinski definition) is 1. The van der Waals surface area contributed by atoms with Gasteiger partial charge in [-0.1, -0.05) is 24.3 Å². The number of hydrogen-bond acceptors (Lipinski definition) is 4. The summed E-state index contributed by atoms with van der Waals surface area (Å²) < 4.78 is 13.8. The van der Waals surface area contributed by atoms with Crippen LogP contribution >= 0.6 is 0 Å². The summed E-state index contributed by atoms with van der Waals surface area (Å²) in [6.07, 6.45) is 1.48. The number of halogens is 1. The van der Waals surface area contributed by atoms with Crippen molar-refractivity contribution >= 4 is 23.2 Å². The minimum atomic E-state index is -0.414. The summed E-state index contributed by atoms with van der Waals surface area (Å²) >= 11 is 0. The molecule has 0 saturated carbocycles. The van der Waals surface area contributed by atoms with Gasteiger partial charge in [-0.15, -0.1) is 0 Å². The third kappa shape index (κ3) is 3.85. The Morgan fingerprint density at radius 3 is 2.69 bits per heavy atom. The second kappa shape index (κ2) is 7.74. The number of amides is 1. The first-order valence-electron chi connectivity index (χ1n) is 8.31. The minimum absolute atomic E-state index is 0.168. The molecule has 0 aliphatic rings. The summed E-state index contributed by atoms with van der Waals surface area (Å²) in [7, 11) is 0. The molecule has 0 spiro atoms. The molecule has 3 rings (SSSR count). The first-order valence-corrected chi connectivity index (χ1v) is 8.31. The van der Waals surface area contributed by atoms with Crippen LogP contribution in [0, 0.1) is 12.7 Å². The number of carbonyl (C=O) groups excluding carboxylic acids is 1. The van der Waals surface area contributed by atoms with E-state index in [1.54, 1.807) is 29.2 Å². The van der Waals surface area contributed by atoms with E-state index in [0.29, 0.717) is 6.54 Å². The zero-order valence-corrected chi connectivity index (χ0v) is 14.6. The lowest BCUT2D eigenvalue weighted by Crippen LogP contribution is -2.31. The molecule has 0 atom stereocenters. The van der Waals surface area contributed by atoms with Crippen molar-refractivity contribution in [3.63, 3.8) is 0 Å². The van der Waals surface area contributed by atoms with Crippen molar-refractivity contribution in [3.05, 3.63) is 77.9 Å². The quantitative estimate of drug-likeness (QED) is 0.744. The van der Waals surface area contributed by atoms with E-state index in [1.165, 1.54) is 12.3 Å². The summed E-state index contributed by atoms with van der Waals surface area (Å²) in [6, 6.07) is 15.5. The number of aryl methyl sites for hydroxylation is 1. The SMILES string of the molecule is CCN(C(=O)c1ccnc(Nc2ccccc2F)n1)c1cccc(C)c1. The van der Waals surface area contributed by atoms with Gasteiger partial charge in [-0.05, 0) is 49.7 Å². The second-order valence-electron chi connectivity index (χ2n) is 5.76. The summed E-state index contributed by atoms with van der Waals surface area (Å²) in [5.74, 6) is -0.485. The molecular formula is C20H19FN4O. The molecule has 5 nitrogen and oxygen atoms in total. The van der Waals surface area contributed by atoms with Crippen LogP contribution in [0.15, 0.2) is 60.8 Å². The van der Waals surface area contributed by atoms with Crippen LogP contribution in [-0.2, 0) is 0 Å². The number of nitrogens with zero attached hydrogens (tertiary/aromatic N) is 3. The number of aromatic nitrogens is 2.